The van der Waals surface area contributed by atoms with Gasteiger partial charge in [-0.1, -0.05) is 13.3 Å². The van der Waals surface area contributed by atoms with Gasteiger partial charge in [-0.2, -0.15) is 0 Å². The maximum Gasteiger partial charge on any atom is 0.167 e. The monoisotopic (exact) mass is 166 g/mol. The molecule has 0 amide bonds. The Hall–Kier alpha value is -0.860. The van der Waals surface area contributed by atoms with Crippen molar-refractivity contribution in [3.63, 3.8) is 0 Å². The fraction of sp³-hybridized carbons (Fsp3) is 0.778. The lowest BCUT2D eigenvalue weighted by Crippen LogP contribution is -2.36. The van der Waals surface area contributed by atoms with Gasteiger partial charge in [0.15, 0.2) is 11.9 Å². The molecule has 1 aromatic heterocycles. The second-order valence-corrected chi connectivity index (χ2v) is 3.45. The first-order valence-corrected chi connectivity index (χ1v) is 4.86. The SMILES string of the molecule is CCCC[n+]1cc2n(n1)CCC2. The molecule has 66 valence electrons. The van der Waals surface area contributed by atoms with Gasteiger partial charge in [0, 0.05) is 6.42 Å². The number of hydrogen-bond acceptors (Lipinski definition) is 1. The van der Waals surface area contributed by atoms with Gasteiger partial charge in [-0.25, -0.2) is 0 Å². The van der Waals surface area contributed by atoms with Crippen LogP contribution in [0.3, 0.4) is 0 Å². The van der Waals surface area contributed by atoms with Crippen LogP contribution in [-0.2, 0) is 19.5 Å². The van der Waals surface area contributed by atoms with Crippen molar-refractivity contribution in [2.75, 3.05) is 0 Å². The summed E-state index contributed by atoms with van der Waals surface area (Å²) in [6, 6.07) is 0. The molecule has 0 unspecified atom stereocenters. The van der Waals surface area contributed by atoms with E-state index in [0.29, 0.717) is 0 Å². The molecule has 0 spiro atoms. The summed E-state index contributed by atoms with van der Waals surface area (Å²) < 4.78 is 4.22. The van der Waals surface area contributed by atoms with E-state index in [1.807, 2.05) is 0 Å². The Morgan fingerprint density at radius 3 is 3.33 bits per heavy atom. The van der Waals surface area contributed by atoms with Crippen molar-refractivity contribution in [2.24, 2.45) is 0 Å². The fourth-order valence-corrected chi connectivity index (χ4v) is 1.68. The van der Waals surface area contributed by atoms with E-state index in [1.165, 1.54) is 31.4 Å². The summed E-state index contributed by atoms with van der Waals surface area (Å²) in [6.45, 7) is 4.41. The number of fused-ring (bicyclic) bond motifs is 1. The highest BCUT2D eigenvalue weighted by Gasteiger charge is 2.20. The first-order chi connectivity index (χ1) is 5.90. The third-order valence-corrected chi connectivity index (χ3v) is 2.40. The van der Waals surface area contributed by atoms with Gasteiger partial charge >= 0.3 is 0 Å². The lowest BCUT2D eigenvalue weighted by molar-refractivity contribution is -0.755. The Kier molecular flexibility index (Phi) is 2.11. The third kappa shape index (κ3) is 1.36. The maximum absolute atomic E-state index is 4.46. The van der Waals surface area contributed by atoms with Crippen LogP contribution in [0.1, 0.15) is 31.9 Å². The molecule has 1 aliphatic heterocycles. The van der Waals surface area contributed by atoms with Crippen LogP contribution >= 0.6 is 0 Å². The molecular weight excluding hydrogens is 150 g/mol. The molecule has 2 rings (SSSR count). The summed E-state index contributed by atoms with van der Waals surface area (Å²) in [7, 11) is 0. The van der Waals surface area contributed by atoms with Crippen LogP contribution in [-0.4, -0.2) is 9.90 Å². The van der Waals surface area contributed by atoms with E-state index in [1.54, 1.807) is 0 Å². The first kappa shape index (κ1) is 7.77. The quantitative estimate of drug-likeness (QED) is 0.612. The molecule has 0 aliphatic carbocycles. The molecular formula is C9H16N3+. The minimum Gasteiger partial charge on any atom is -0.137 e. The van der Waals surface area contributed by atoms with Crippen molar-refractivity contribution >= 4 is 0 Å². The predicted molar refractivity (Wildman–Crippen MR) is 45.7 cm³/mol. The fourth-order valence-electron chi connectivity index (χ4n) is 1.68. The standard InChI is InChI=1S/C9H16N3/c1-2-3-6-11-8-9-5-4-7-12(9)10-11/h8H,2-7H2,1H3/q+1. The molecule has 0 atom stereocenters. The molecule has 0 bridgehead atoms. The number of unbranched alkanes of at least 4 members (excludes halogenated alkanes) is 1. The molecule has 2 heterocycles. The normalized spacial score (nSPS) is 15.1. The van der Waals surface area contributed by atoms with Crippen LogP contribution in [0.5, 0.6) is 0 Å². The molecule has 1 aliphatic rings. The number of hydrogen-bond donors (Lipinski definition) is 0. The van der Waals surface area contributed by atoms with Gasteiger partial charge in [-0.15, -0.1) is 9.36 Å². The smallest absolute Gasteiger partial charge is 0.137 e. The number of aryl methyl sites for hydroxylation is 3. The molecule has 0 saturated heterocycles. The molecule has 0 aromatic carbocycles. The van der Waals surface area contributed by atoms with E-state index >= 15 is 0 Å². The van der Waals surface area contributed by atoms with Crippen molar-refractivity contribution in [3.05, 3.63) is 11.9 Å². The van der Waals surface area contributed by atoms with Gasteiger partial charge in [0.2, 0.25) is 0 Å². The van der Waals surface area contributed by atoms with E-state index in [2.05, 4.69) is 27.7 Å². The summed E-state index contributed by atoms with van der Waals surface area (Å²) in [4.78, 5) is 0. The minimum atomic E-state index is 1.08. The van der Waals surface area contributed by atoms with Gasteiger partial charge in [0.25, 0.3) is 0 Å². The van der Waals surface area contributed by atoms with E-state index in [0.717, 1.165) is 13.1 Å². The van der Waals surface area contributed by atoms with Gasteiger partial charge < -0.3 is 0 Å². The largest absolute Gasteiger partial charge is 0.167 e. The van der Waals surface area contributed by atoms with Crippen molar-refractivity contribution < 1.29 is 4.68 Å². The van der Waals surface area contributed by atoms with Gasteiger partial charge in [0.1, 0.15) is 13.1 Å². The van der Waals surface area contributed by atoms with Crippen LogP contribution in [0.2, 0.25) is 0 Å². The summed E-state index contributed by atoms with van der Waals surface area (Å²) in [5, 5.41) is 4.46. The molecule has 3 heteroatoms. The topological polar surface area (TPSA) is 21.7 Å². The van der Waals surface area contributed by atoms with Crippen LogP contribution in [0.25, 0.3) is 0 Å². The van der Waals surface area contributed by atoms with E-state index in [4.69, 9.17) is 0 Å². The van der Waals surface area contributed by atoms with E-state index < -0.39 is 0 Å². The van der Waals surface area contributed by atoms with Crippen LogP contribution in [0, 0.1) is 0 Å². The molecule has 0 radical (unpaired) electrons. The van der Waals surface area contributed by atoms with Crippen LogP contribution in [0.4, 0.5) is 0 Å². The molecule has 12 heavy (non-hydrogen) atoms. The molecule has 0 saturated carbocycles. The average molecular weight is 166 g/mol. The maximum atomic E-state index is 4.46. The molecule has 1 aromatic rings. The Labute approximate surface area is 73.0 Å². The zero-order valence-corrected chi connectivity index (χ0v) is 7.66. The summed E-state index contributed by atoms with van der Waals surface area (Å²) in [5.74, 6) is 0. The summed E-state index contributed by atoms with van der Waals surface area (Å²) in [6.07, 6.45) is 7.17. The molecule has 0 N–H and O–H groups in total. The minimum absolute atomic E-state index is 1.08. The second-order valence-electron chi connectivity index (χ2n) is 3.45. The Bertz CT molecular complexity index is 243. The lowest BCUT2D eigenvalue weighted by atomic mass is 10.3. The molecule has 3 nitrogen and oxygen atoms in total. The summed E-state index contributed by atoms with van der Waals surface area (Å²) in [5.41, 5.74) is 1.41. The van der Waals surface area contributed by atoms with Gasteiger partial charge in [0.05, 0.1) is 5.21 Å². The Morgan fingerprint density at radius 2 is 2.58 bits per heavy atom. The van der Waals surface area contributed by atoms with E-state index in [-0.39, 0.29) is 0 Å². The zero-order valence-electron chi connectivity index (χ0n) is 7.66. The van der Waals surface area contributed by atoms with Crippen molar-refractivity contribution in [1.29, 1.82) is 0 Å². The lowest BCUT2D eigenvalue weighted by Gasteiger charge is -1.89. The van der Waals surface area contributed by atoms with Gasteiger partial charge in [-0.3, -0.25) is 0 Å². The third-order valence-electron chi connectivity index (χ3n) is 2.40. The van der Waals surface area contributed by atoms with Crippen molar-refractivity contribution in [1.82, 2.24) is 9.90 Å². The zero-order chi connectivity index (χ0) is 8.39. The number of nitrogens with zero attached hydrogens (tertiary/aromatic N) is 3. The highest BCUT2D eigenvalue weighted by atomic mass is 15.5. The Morgan fingerprint density at radius 1 is 1.67 bits per heavy atom. The number of rotatable bonds is 3. The average Bonchev–Trinajstić information content (AvgIpc) is 2.58. The van der Waals surface area contributed by atoms with Crippen LogP contribution < -0.4 is 4.68 Å². The molecule has 0 fully saturated rings. The van der Waals surface area contributed by atoms with Crippen molar-refractivity contribution in [3.8, 4) is 0 Å². The van der Waals surface area contributed by atoms with Gasteiger partial charge in [-0.05, 0) is 12.8 Å². The van der Waals surface area contributed by atoms with E-state index in [9.17, 15) is 0 Å². The first-order valence-electron chi connectivity index (χ1n) is 4.86. The second kappa shape index (κ2) is 3.25. The number of aromatic nitrogens is 3. The Balaban J connectivity index is 2.05. The van der Waals surface area contributed by atoms with Crippen molar-refractivity contribution in [2.45, 2.75) is 45.7 Å². The van der Waals surface area contributed by atoms with Crippen LogP contribution in [0.15, 0.2) is 6.20 Å². The summed E-state index contributed by atoms with van der Waals surface area (Å²) >= 11 is 0. The predicted octanol–water partition coefficient (Wildman–Crippen LogP) is 0.917. The highest BCUT2D eigenvalue weighted by molar-refractivity contribution is 4.94. The highest BCUT2D eigenvalue weighted by Crippen LogP contribution is 2.09.